The molecule has 0 spiro atoms. The molecule has 0 amide bonds. The number of rotatable bonds is 9. The van der Waals surface area contributed by atoms with E-state index in [9.17, 15) is 0 Å². The Morgan fingerprint density at radius 3 is 2.60 bits per heavy atom. The van der Waals surface area contributed by atoms with E-state index in [4.69, 9.17) is 14.0 Å². The van der Waals surface area contributed by atoms with Crippen LogP contribution in [-0.2, 0) is 13.0 Å². The van der Waals surface area contributed by atoms with Gasteiger partial charge in [-0.15, -0.1) is 0 Å². The van der Waals surface area contributed by atoms with E-state index >= 15 is 0 Å². The van der Waals surface area contributed by atoms with Gasteiger partial charge in [0.2, 0.25) is 0 Å². The largest absolute Gasteiger partial charge is 0.490 e. The number of aromatic nitrogens is 1. The lowest BCUT2D eigenvalue weighted by atomic mass is 10.1. The van der Waals surface area contributed by atoms with Gasteiger partial charge in [-0.2, -0.15) is 0 Å². The van der Waals surface area contributed by atoms with Crippen LogP contribution in [0.2, 0.25) is 0 Å². The molecule has 0 saturated carbocycles. The van der Waals surface area contributed by atoms with Crippen molar-refractivity contribution in [2.24, 2.45) is 4.99 Å². The third kappa shape index (κ3) is 6.02. The van der Waals surface area contributed by atoms with Gasteiger partial charge in [0.1, 0.15) is 12.0 Å². The molecule has 0 atom stereocenters. The van der Waals surface area contributed by atoms with Crippen LogP contribution in [0.1, 0.15) is 25.1 Å². The van der Waals surface area contributed by atoms with Crippen LogP contribution >= 0.6 is 0 Å². The molecular formula is C18H26N4O3. The fourth-order valence-electron chi connectivity index (χ4n) is 2.30. The van der Waals surface area contributed by atoms with E-state index in [1.807, 2.05) is 32.0 Å². The number of hydrogen-bond donors (Lipinski definition) is 2. The van der Waals surface area contributed by atoms with Crippen LogP contribution in [0.4, 0.5) is 0 Å². The number of benzene rings is 1. The Balaban J connectivity index is 1.84. The Morgan fingerprint density at radius 2 is 1.92 bits per heavy atom. The van der Waals surface area contributed by atoms with Gasteiger partial charge in [0.15, 0.2) is 17.5 Å². The molecule has 0 fully saturated rings. The number of hydrogen-bond acceptors (Lipinski definition) is 5. The molecule has 1 aromatic carbocycles. The normalized spacial score (nSPS) is 11.2. The molecule has 0 saturated heterocycles. The van der Waals surface area contributed by atoms with Crippen molar-refractivity contribution in [3.05, 3.63) is 41.8 Å². The lowest BCUT2D eigenvalue weighted by Crippen LogP contribution is -2.37. The molecule has 2 aromatic rings. The average molecular weight is 346 g/mol. The number of ether oxygens (including phenoxy) is 2. The molecule has 2 rings (SSSR count). The summed E-state index contributed by atoms with van der Waals surface area (Å²) >= 11 is 0. The SMILES string of the molecule is CCOc1ccc(CCNC(=NC)NCc2ccon2)cc1OCC. The zero-order chi connectivity index (χ0) is 17.9. The molecule has 136 valence electrons. The maximum Gasteiger partial charge on any atom is 0.191 e. The Labute approximate surface area is 148 Å². The van der Waals surface area contributed by atoms with Crippen molar-refractivity contribution in [3.63, 3.8) is 0 Å². The van der Waals surface area contributed by atoms with Gasteiger partial charge in [-0.3, -0.25) is 4.99 Å². The lowest BCUT2D eigenvalue weighted by Gasteiger charge is -2.13. The fourth-order valence-corrected chi connectivity index (χ4v) is 2.30. The summed E-state index contributed by atoms with van der Waals surface area (Å²) in [6.45, 7) is 6.47. The molecule has 0 aliphatic heterocycles. The first-order valence-electron chi connectivity index (χ1n) is 8.49. The molecule has 7 nitrogen and oxygen atoms in total. The Hall–Kier alpha value is -2.70. The Bertz CT molecular complexity index is 656. The zero-order valence-corrected chi connectivity index (χ0v) is 15.0. The Morgan fingerprint density at radius 1 is 1.12 bits per heavy atom. The first kappa shape index (κ1) is 18.6. The van der Waals surface area contributed by atoms with Crippen molar-refractivity contribution in [1.82, 2.24) is 15.8 Å². The van der Waals surface area contributed by atoms with Crippen molar-refractivity contribution in [2.45, 2.75) is 26.8 Å². The van der Waals surface area contributed by atoms with Gasteiger partial charge in [-0.1, -0.05) is 11.2 Å². The third-order valence-corrected chi connectivity index (χ3v) is 3.47. The summed E-state index contributed by atoms with van der Waals surface area (Å²) in [7, 11) is 1.74. The van der Waals surface area contributed by atoms with Crippen LogP contribution in [0.5, 0.6) is 11.5 Å². The number of guanidine groups is 1. The lowest BCUT2D eigenvalue weighted by molar-refractivity contribution is 0.287. The van der Waals surface area contributed by atoms with Crippen LogP contribution in [0.25, 0.3) is 0 Å². The van der Waals surface area contributed by atoms with E-state index in [1.54, 1.807) is 13.3 Å². The first-order chi connectivity index (χ1) is 12.3. The minimum atomic E-state index is 0.563. The van der Waals surface area contributed by atoms with Crippen LogP contribution in [0.15, 0.2) is 40.0 Å². The molecule has 0 aliphatic rings. The van der Waals surface area contributed by atoms with Crippen LogP contribution in [0, 0.1) is 0 Å². The highest BCUT2D eigenvalue weighted by molar-refractivity contribution is 5.79. The quantitative estimate of drug-likeness (QED) is 0.536. The van der Waals surface area contributed by atoms with Crippen molar-refractivity contribution in [2.75, 3.05) is 26.8 Å². The van der Waals surface area contributed by atoms with E-state index in [1.165, 1.54) is 5.56 Å². The van der Waals surface area contributed by atoms with Gasteiger partial charge >= 0.3 is 0 Å². The highest BCUT2D eigenvalue weighted by Gasteiger charge is 2.06. The van der Waals surface area contributed by atoms with E-state index in [0.29, 0.717) is 19.8 Å². The van der Waals surface area contributed by atoms with E-state index in [-0.39, 0.29) is 0 Å². The zero-order valence-electron chi connectivity index (χ0n) is 15.0. The molecule has 25 heavy (non-hydrogen) atoms. The first-order valence-corrected chi connectivity index (χ1v) is 8.49. The van der Waals surface area contributed by atoms with Crippen LogP contribution in [-0.4, -0.2) is 37.9 Å². The summed E-state index contributed by atoms with van der Waals surface area (Å²) in [5, 5.41) is 10.3. The minimum absolute atomic E-state index is 0.563. The Kier molecular flexibility index (Phi) is 7.62. The predicted octanol–water partition coefficient (Wildman–Crippen LogP) is 2.38. The molecule has 0 radical (unpaired) electrons. The highest BCUT2D eigenvalue weighted by atomic mass is 16.5. The molecule has 2 N–H and O–H groups in total. The summed E-state index contributed by atoms with van der Waals surface area (Å²) in [6, 6.07) is 7.86. The summed E-state index contributed by atoms with van der Waals surface area (Å²) < 4.78 is 16.1. The molecular weight excluding hydrogens is 320 g/mol. The van der Waals surface area contributed by atoms with Crippen LogP contribution in [0.3, 0.4) is 0 Å². The smallest absolute Gasteiger partial charge is 0.191 e. The van der Waals surface area contributed by atoms with Crippen molar-refractivity contribution in [1.29, 1.82) is 0 Å². The second-order valence-electron chi connectivity index (χ2n) is 5.24. The topological polar surface area (TPSA) is 80.9 Å². The van der Waals surface area contributed by atoms with Gasteiger partial charge in [-0.25, -0.2) is 0 Å². The predicted molar refractivity (Wildman–Crippen MR) is 97.2 cm³/mol. The molecule has 1 aromatic heterocycles. The van der Waals surface area contributed by atoms with Crippen molar-refractivity contribution in [3.8, 4) is 11.5 Å². The van der Waals surface area contributed by atoms with Gasteiger partial charge in [0, 0.05) is 19.7 Å². The second-order valence-corrected chi connectivity index (χ2v) is 5.24. The van der Waals surface area contributed by atoms with Gasteiger partial charge in [0.25, 0.3) is 0 Å². The average Bonchev–Trinajstić information content (AvgIpc) is 3.14. The van der Waals surface area contributed by atoms with E-state index in [0.717, 1.165) is 36.1 Å². The van der Waals surface area contributed by atoms with Gasteiger partial charge in [-0.05, 0) is 38.0 Å². The third-order valence-electron chi connectivity index (χ3n) is 3.47. The molecule has 0 aliphatic carbocycles. The summed E-state index contributed by atoms with van der Waals surface area (Å²) in [5.74, 6) is 2.29. The van der Waals surface area contributed by atoms with Gasteiger partial charge in [0.05, 0.1) is 19.8 Å². The summed E-state index contributed by atoms with van der Waals surface area (Å²) in [6.07, 6.45) is 2.40. The fraction of sp³-hybridized carbons (Fsp3) is 0.444. The summed E-state index contributed by atoms with van der Waals surface area (Å²) in [5.41, 5.74) is 2.00. The van der Waals surface area contributed by atoms with E-state index in [2.05, 4.69) is 26.8 Å². The highest BCUT2D eigenvalue weighted by Crippen LogP contribution is 2.28. The maximum absolute atomic E-state index is 5.66. The number of nitrogens with zero attached hydrogens (tertiary/aromatic N) is 2. The second kappa shape index (κ2) is 10.2. The van der Waals surface area contributed by atoms with Crippen molar-refractivity contribution < 1.29 is 14.0 Å². The number of aliphatic imine (C=N–C) groups is 1. The van der Waals surface area contributed by atoms with Gasteiger partial charge < -0.3 is 24.6 Å². The maximum atomic E-state index is 5.66. The molecule has 0 unspecified atom stereocenters. The summed E-state index contributed by atoms with van der Waals surface area (Å²) in [4.78, 5) is 4.20. The van der Waals surface area contributed by atoms with Crippen LogP contribution < -0.4 is 20.1 Å². The van der Waals surface area contributed by atoms with Crippen molar-refractivity contribution >= 4 is 5.96 Å². The standard InChI is InChI=1S/C18H26N4O3/c1-4-23-16-7-6-14(12-17(16)24-5-2)8-10-20-18(19-3)21-13-15-9-11-25-22-15/h6-7,9,11-12H,4-5,8,10,13H2,1-3H3,(H2,19,20,21). The molecule has 0 bridgehead atoms. The molecule has 1 heterocycles. The number of nitrogens with one attached hydrogen (secondary N) is 2. The van der Waals surface area contributed by atoms with E-state index < -0.39 is 0 Å². The molecule has 7 heteroatoms. The minimum Gasteiger partial charge on any atom is -0.490 e. The monoisotopic (exact) mass is 346 g/mol.